The zero-order chi connectivity index (χ0) is 10.7. The van der Waals surface area contributed by atoms with Crippen LogP contribution in [0.5, 0.6) is 11.5 Å². The summed E-state index contributed by atoms with van der Waals surface area (Å²) in [6.07, 6.45) is 2.37. The number of aliphatic carboxylic acids is 1. The first-order valence-corrected chi connectivity index (χ1v) is 4.31. The van der Waals surface area contributed by atoms with E-state index in [0.29, 0.717) is 11.5 Å². The quantitative estimate of drug-likeness (QED) is 0.734. The normalized spacial score (nSPS) is 13.1. The zero-order valence-corrected chi connectivity index (χ0v) is 7.77. The van der Waals surface area contributed by atoms with E-state index in [4.69, 9.17) is 14.6 Å². The number of carboxylic acids is 1. The molecule has 2 rings (SSSR count). The Bertz CT molecular complexity index is 414. The van der Waals surface area contributed by atoms with Crippen LogP contribution in [0, 0.1) is 0 Å². The Morgan fingerprint density at radius 3 is 3.00 bits per heavy atom. The Morgan fingerprint density at radius 2 is 2.20 bits per heavy atom. The fraction of sp³-hybridized carbons (Fsp3) is 0.100. The van der Waals surface area contributed by atoms with Crippen LogP contribution in [0.1, 0.15) is 0 Å². The molecule has 5 heteroatoms. The predicted octanol–water partition coefficient (Wildman–Crippen LogP) is 1.43. The third-order valence-corrected chi connectivity index (χ3v) is 1.85. The van der Waals surface area contributed by atoms with Crippen LogP contribution in [0.3, 0.4) is 0 Å². The Kier molecular flexibility index (Phi) is 2.45. The highest BCUT2D eigenvalue weighted by Gasteiger charge is 2.12. The molecule has 1 aliphatic heterocycles. The Morgan fingerprint density at radius 1 is 1.40 bits per heavy atom. The first-order chi connectivity index (χ1) is 7.25. The van der Waals surface area contributed by atoms with Crippen LogP contribution in [-0.4, -0.2) is 17.9 Å². The number of hydrogen-bond acceptors (Lipinski definition) is 4. The SMILES string of the molecule is O=C(O)/C=C/Nc1ccc2c(c1)OCO2. The van der Waals surface area contributed by atoms with Crippen LogP contribution in [0.15, 0.2) is 30.5 Å². The van der Waals surface area contributed by atoms with Gasteiger partial charge in [-0.15, -0.1) is 0 Å². The zero-order valence-electron chi connectivity index (χ0n) is 7.77. The number of hydrogen-bond donors (Lipinski definition) is 2. The average Bonchev–Trinajstić information content (AvgIpc) is 2.64. The van der Waals surface area contributed by atoms with E-state index < -0.39 is 5.97 Å². The third kappa shape index (κ3) is 2.19. The van der Waals surface area contributed by atoms with Gasteiger partial charge in [0.1, 0.15) is 0 Å². The van der Waals surface area contributed by atoms with Gasteiger partial charge in [0.25, 0.3) is 0 Å². The summed E-state index contributed by atoms with van der Waals surface area (Å²) in [7, 11) is 0. The van der Waals surface area contributed by atoms with Crippen LogP contribution in [0.2, 0.25) is 0 Å². The van der Waals surface area contributed by atoms with Crippen molar-refractivity contribution < 1.29 is 19.4 Å². The molecule has 0 aromatic heterocycles. The lowest BCUT2D eigenvalue weighted by Crippen LogP contribution is -1.93. The van der Waals surface area contributed by atoms with Crippen molar-refractivity contribution >= 4 is 11.7 Å². The van der Waals surface area contributed by atoms with Gasteiger partial charge in [-0.3, -0.25) is 0 Å². The second-order valence-electron chi connectivity index (χ2n) is 2.88. The van der Waals surface area contributed by atoms with Gasteiger partial charge < -0.3 is 19.9 Å². The summed E-state index contributed by atoms with van der Waals surface area (Å²) in [4.78, 5) is 10.2. The number of rotatable bonds is 3. The van der Waals surface area contributed by atoms with Gasteiger partial charge in [-0.1, -0.05) is 0 Å². The minimum absolute atomic E-state index is 0.226. The Labute approximate surface area is 85.9 Å². The largest absolute Gasteiger partial charge is 0.478 e. The number of benzene rings is 1. The van der Waals surface area contributed by atoms with Gasteiger partial charge in [0.15, 0.2) is 11.5 Å². The Hall–Kier alpha value is -2.17. The van der Waals surface area contributed by atoms with Gasteiger partial charge >= 0.3 is 5.97 Å². The summed E-state index contributed by atoms with van der Waals surface area (Å²) in [5.74, 6) is 0.356. The van der Waals surface area contributed by atoms with Crippen molar-refractivity contribution in [1.82, 2.24) is 0 Å². The summed E-state index contributed by atoms with van der Waals surface area (Å²) in [5.41, 5.74) is 0.747. The molecule has 0 unspecified atom stereocenters. The number of nitrogens with one attached hydrogen (secondary N) is 1. The van der Waals surface area contributed by atoms with Crippen LogP contribution >= 0.6 is 0 Å². The van der Waals surface area contributed by atoms with E-state index in [0.717, 1.165) is 11.8 Å². The van der Waals surface area contributed by atoms with Crippen LogP contribution in [0.25, 0.3) is 0 Å². The minimum atomic E-state index is -0.997. The molecule has 0 saturated carbocycles. The van der Waals surface area contributed by atoms with E-state index in [2.05, 4.69) is 5.32 Å². The number of ether oxygens (including phenoxy) is 2. The lowest BCUT2D eigenvalue weighted by atomic mass is 10.3. The molecular weight excluding hydrogens is 198 g/mol. The predicted molar refractivity (Wildman–Crippen MR) is 53.0 cm³/mol. The molecule has 78 valence electrons. The molecule has 1 aliphatic rings. The van der Waals surface area contributed by atoms with Gasteiger partial charge in [0.05, 0.1) is 0 Å². The van der Waals surface area contributed by atoms with Gasteiger partial charge in [0.2, 0.25) is 6.79 Å². The van der Waals surface area contributed by atoms with E-state index in [9.17, 15) is 4.79 Å². The van der Waals surface area contributed by atoms with Gasteiger partial charge in [0, 0.05) is 24.0 Å². The highest BCUT2D eigenvalue weighted by Crippen LogP contribution is 2.34. The molecule has 5 nitrogen and oxygen atoms in total. The second-order valence-corrected chi connectivity index (χ2v) is 2.88. The minimum Gasteiger partial charge on any atom is -0.478 e. The van der Waals surface area contributed by atoms with Crippen LogP contribution in [-0.2, 0) is 4.79 Å². The average molecular weight is 207 g/mol. The number of carboxylic acid groups (broad SMARTS) is 1. The smallest absolute Gasteiger partial charge is 0.329 e. The van der Waals surface area contributed by atoms with Crippen molar-refractivity contribution in [2.45, 2.75) is 0 Å². The van der Waals surface area contributed by atoms with Crippen molar-refractivity contribution in [3.63, 3.8) is 0 Å². The molecule has 0 aliphatic carbocycles. The molecular formula is C10H9NO4. The van der Waals surface area contributed by atoms with Crippen LogP contribution in [0.4, 0.5) is 5.69 Å². The first kappa shape index (κ1) is 9.39. The number of fused-ring (bicyclic) bond motifs is 1. The topological polar surface area (TPSA) is 67.8 Å². The fourth-order valence-corrected chi connectivity index (χ4v) is 1.20. The summed E-state index contributed by atoms with van der Waals surface area (Å²) < 4.78 is 10.3. The molecule has 1 aromatic rings. The second kappa shape index (κ2) is 3.91. The van der Waals surface area contributed by atoms with Crippen molar-refractivity contribution in [3.05, 3.63) is 30.5 Å². The molecule has 0 fully saturated rings. The van der Waals surface area contributed by atoms with E-state index in [1.165, 1.54) is 6.20 Å². The number of anilines is 1. The molecule has 0 saturated heterocycles. The lowest BCUT2D eigenvalue weighted by molar-refractivity contribution is -0.131. The van der Waals surface area contributed by atoms with Gasteiger partial charge in [-0.2, -0.15) is 0 Å². The molecule has 0 amide bonds. The first-order valence-electron chi connectivity index (χ1n) is 4.31. The molecule has 0 radical (unpaired) electrons. The summed E-state index contributed by atoms with van der Waals surface area (Å²) in [6.45, 7) is 0.226. The molecule has 1 heterocycles. The number of carbonyl (C=O) groups is 1. The molecule has 1 aromatic carbocycles. The van der Waals surface area contributed by atoms with Crippen molar-refractivity contribution in [2.75, 3.05) is 12.1 Å². The molecule has 0 atom stereocenters. The fourth-order valence-electron chi connectivity index (χ4n) is 1.20. The Balaban J connectivity index is 2.07. The maximum absolute atomic E-state index is 10.2. The summed E-state index contributed by atoms with van der Waals surface area (Å²) in [6, 6.07) is 5.29. The highest BCUT2D eigenvalue weighted by molar-refractivity contribution is 5.80. The molecule has 0 bridgehead atoms. The van der Waals surface area contributed by atoms with E-state index in [-0.39, 0.29) is 6.79 Å². The van der Waals surface area contributed by atoms with Crippen molar-refractivity contribution in [3.8, 4) is 11.5 Å². The standard InChI is InChI=1S/C10H9NO4/c12-10(13)3-4-11-7-1-2-8-9(5-7)15-6-14-8/h1-5,11H,6H2,(H,12,13)/b4-3+. The highest BCUT2D eigenvalue weighted by atomic mass is 16.7. The summed E-state index contributed by atoms with van der Waals surface area (Å²) in [5, 5.41) is 11.2. The maximum atomic E-state index is 10.2. The van der Waals surface area contributed by atoms with E-state index in [1.54, 1.807) is 18.2 Å². The summed E-state index contributed by atoms with van der Waals surface area (Å²) >= 11 is 0. The van der Waals surface area contributed by atoms with Gasteiger partial charge in [-0.05, 0) is 12.1 Å². The molecule has 15 heavy (non-hydrogen) atoms. The van der Waals surface area contributed by atoms with Crippen LogP contribution < -0.4 is 14.8 Å². The van der Waals surface area contributed by atoms with Crippen molar-refractivity contribution in [2.24, 2.45) is 0 Å². The lowest BCUT2D eigenvalue weighted by Gasteiger charge is -2.01. The maximum Gasteiger partial charge on any atom is 0.329 e. The third-order valence-electron chi connectivity index (χ3n) is 1.85. The monoisotopic (exact) mass is 207 g/mol. The molecule has 2 N–H and O–H groups in total. The molecule has 0 spiro atoms. The van der Waals surface area contributed by atoms with E-state index >= 15 is 0 Å². The van der Waals surface area contributed by atoms with E-state index in [1.807, 2.05) is 0 Å². The van der Waals surface area contributed by atoms with Gasteiger partial charge in [-0.25, -0.2) is 4.79 Å². The van der Waals surface area contributed by atoms with Crippen molar-refractivity contribution in [1.29, 1.82) is 0 Å².